The van der Waals surface area contributed by atoms with Gasteiger partial charge in [-0.05, 0) is 38.2 Å². The predicted octanol–water partition coefficient (Wildman–Crippen LogP) is 2.12. The molecular formula is C21H31N3O2. The summed E-state index contributed by atoms with van der Waals surface area (Å²) in [5.74, 6) is 0.135. The van der Waals surface area contributed by atoms with Crippen molar-refractivity contribution in [3.8, 4) is 0 Å². The van der Waals surface area contributed by atoms with Gasteiger partial charge in [-0.25, -0.2) is 0 Å². The van der Waals surface area contributed by atoms with Crippen molar-refractivity contribution in [2.24, 2.45) is 11.7 Å². The van der Waals surface area contributed by atoms with Crippen molar-refractivity contribution in [1.29, 1.82) is 0 Å². The molecule has 2 aliphatic rings. The lowest BCUT2D eigenvalue weighted by Crippen LogP contribution is -2.51. The van der Waals surface area contributed by atoms with Crippen LogP contribution in [0.2, 0.25) is 0 Å². The Balaban J connectivity index is 1.78. The van der Waals surface area contributed by atoms with E-state index in [0.717, 1.165) is 50.6 Å². The molecule has 3 rings (SSSR count). The zero-order valence-corrected chi connectivity index (χ0v) is 15.8. The normalized spacial score (nSPS) is 22.2. The molecule has 0 spiro atoms. The number of aryl methyl sites for hydroxylation is 1. The first-order chi connectivity index (χ1) is 12.6. The van der Waals surface area contributed by atoms with Crippen LogP contribution >= 0.6 is 0 Å². The summed E-state index contributed by atoms with van der Waals surface area (Å²) in [7, 11) is 0. The van der Waals surface area contributed by atoms with Crippen LogP contribution in [0.4, 0.5) is 0 Å². The molecule has 1 saturated carbocycles. The Labute approximate surface area is 156 Å². The summed E-state index contributed by atoms with van der Waals surface area (Å²) in [6.45, 7) is 4.30. The van der Waals surface area contributed by atoms with Crippen LogP contribution in [0, 0.1) is 12.8 Å². The van der Waals surface area contributed by atoms with E-state index >= 15 is 0 Å². The molecule has 1 atom stereocenters. The fraction of sp³-hybridized carbons (Fsp3) is 0.619. The van der Waals surface area contributed by atoms with E-state index in [1.807, 2.05) is 4.90 Å². The van der Waals surface area contributed by atoms with Gasteiger partial charge in [0, 0.05) is 26.2 Å². The average Bonchev–Trinajstić information content (AvgIpc) is 3.16. The van der Waals surface area contributed by atoms with E-state index < -0.39 is 5.41 Å². The van der Waals surface area contributed by atoms with Crippen molar-refractivity contribution in [3.63, 3.8) is 0 Å². The van der Waals surface area contributed by atoms with Crippen LogP contribution in [0.25, 0.3) is 0 Å². The Morgan fingerprint density at radius 3 is 2.73 bits per heavy atom. The van der Waals surface area contributed by atoms with Crippen LogP contribution in [0.1, 0.15) is 49.7 Å². The van der Waals surface area contributed by atoms with Crippen LogP contribution in [-0.2, 0) is 15.0 Å². The van der Waals surface area contributed by atoms with Crippen molar-refractivity contribution in [1.82, 2.24) is 10.2 Å². The molecule has 1 aromatic rings. The van der Waals surface area contributed by atoms with Gasteiger partial charge in [0.15, 0.2) is 0 Å². The molecule has 0 aromatic heterocycles. The molecule has 1 aromatic carbocycles. The third kappa shape index (κ3) is 3.78. The Hall–Kier alpha value is -1.88. The Bertz CT molecular complexity index is 652. The molecule has 2 fully saturated rings. The minimum atomic E-state index is -0.401. The van der Waals surface area contributed by atoms with Gasteiger partial charge in [-0.3, -0.25) is 9.59 Å². The number of benzene rings is 1. The second kappa shape index (κ2) is 8.21. The summed E-state index contributed by atoms with van der Waals surface area (Å²) in [5.41, 5.74) is 7.42. The molecule has 1 aliphatic carbocycles. The first-order valence-corrected chi connectivity index (χ1v) is 9.91. The van der Waals surface area contributed by atoms with Crippen molar-refractivity contribution in [3.05, 3.63) is 35.4 Å². The topological polar surface area (TPSA) is 75.4 Å². The molecule has 2 amide bonds. The summed E-state index contributed by atoms with van der Waals surface area (Å²) < 4.78 is 0. The molecule has 1 saturated heterocycles. The molecular weight excluding hydrogens is 326 g/mol. The number of hydrogen-bond acceptors (Lipinski definition) is 3. The van der Waals surface area contributed by atoms with Gasteiger partial charge in [0.2, 0.25) is 11.8 Å². The maximum atomic E-state index is 13.6. The summed E-state index contributed by atoms with van der Waals surface area (Å²) in [5, 5.41) is 2.88. The second-order valence-electron chi connectivity index (χ2n) is 7.83. The monoisotopic (exact) mass is 357 g/mol. The highest BCUT2D eigenvalue weighted by Crippen LogP contribution is 2.43. The summed E-state index contributed by atoms with van der Waals surface area (Å²) in [6.07, 6.45) is 5.74. The van der Waals surface area contributed by atoms with E-state index in [1.165, 1.54) is 5.56 Å². The Morgan fingerprint density at radius 1 is 1.27 bits per heavy atom. The first kappa shape index (κ1) is 18.9. The van der Waals surface area contributed by atoms with Crippen LogP contribution in [0.15, 0.2) is 24.3 Å². The van der Waals surface area contributed by atoms with E-state index in [4.69, 9.17) is 5.73 Å². The minimum Gasteiger partial charge on any atom is -0.355 e. The molecule has 0 radical (unpaired) electrons. The average molecular weight is 357 g/mol. The molecule has 26 heavy (non-hydrogen) atoms. The molecule has 5 nitrogen and oxygen atoms in total. The highest BCUT2D eigenvalue weighted by molar-refractivity contribution is 5.89. The largest absolute Gasteiger partial charge is 0.355 e. The van der Waals surface area contributed by atoms with E-state index in [9.17, 15) is 9.59 Å². The number of hydrogen-bond donors (Lipinski definition) is 2. The maximum absolute atomic E-state index is 13.6. The standard InChI is InChI=1S/C21H31N3O2/c1-16-6-4-8-18(14-16)21(9-2-3-10-21)20(26)24-13-5-7-17(15-24)19(25)23-12-11-22/h4,6,8,14,17H,2-3,5,7,9-13,15,22H2,1H3,(H,23,25). The molecule has 0 bridgehead atoms. The molecule has 3 N–H and O–H groups in total. The highest BCUT2D eigenvalue weighted by Gasteiger charge is 2.46. The molecule has 5 heteroatoms. The number of nitrogens with one attached hydrogen (secondary N) is 1. The number of carbonyl (C=O) groups excluding carboxylic acids is 2. The van der Waals surface area contributed by atoms with E-state index in [1.54, 1.807) is 0 Å². The van der Waals surface area contributed by atoms with Gasteiger partial charge >= 0.3 is 0 Å². The van der Waals surface area contributed by atoms with Crippen molar-refractivity contribution in [2.45, 2.75) is 50.9 Å². The van der Waals surface area contributed by atoms with Crippen LogP contribution in [-0.4, -0.2) is 42.9 Å². The fourth-order valence-corrected chi connectivity index (χ4v) is 4.57. The van der Waals surface area contributed by atoms with Crippen molar-refractivity contribution >= 4 is 11.8 Å². The van der Waals surface area contributed by atoms with Gasteiger partial charge in [0.25, 0.3) is 0 Å². The fourth-order valence-electron chi connectivity index (χ4n) is 4.57. The SMILES string of the molecule is Cc1cccc(C2(C(=O)N3CCCC(C(=O)NCCN)C3)CCCC2)c1. The minimum absolute atomic E-state index is 0.0315. The lowest BCUT2D eigenvalue weighted by atomic mass is 9.76. The van der Waals surface area contributed by atoms with Crippen LogP contribution in [0.5, 0.6) is 0 Å². The summed E-state index contributed by atoms with van der Waals surface area (Å²) in [6, 6.07) is 8.40. The van der Waals surface area contributed by atoms with Gasteiger partial charge < -0.3 is 16.0 Å². The quantitative estimate of drug-likeness (QED) is 0.847. The summed E-state index contributed by atoms with van der Waals surface area (Å²) in [4.78, 5) is 27.9. The molecule has 142 valence electrons. The second-order valence-corrected chi connectivity index (χ2v) is 7.83. The third-order valence-electron chi connectivity index (χ3n) is 5.96. The Kier molecular flexibility index (Phi) is 5.97. The van der Waals surface area contributed by atoms with Gasteiger partial charge in [0.05, 0.1) is 11.3 Å². The summed E-state index contributed by atoms with van der Waals surface area (Å²) >= 11 is 0. The molecule has 1 heterocycles. The third-order valence-corrected chi connectivity index (χ3v) is 5.96. The van der Waals surface area contributed by atoms with E-state index in [0.29, 0.717) is 19.6 Å². The first-order valence-electron chi connectivity index (χ1n) is 9.91. The van der Waals surface area contributed by atoms with Gasteiger partial charge in [-0.1, -0.05) is 42.7 Å². The number of amides is 2. The number of carbonyl (C=O) groups is 2. The Morgan fingerprint density at radius 2 is 2.04 bits per heavy atom. The predicted molar refractivity (Wildman–Crippen MR) is 103 cm³/mol. The van der Waals surface area contributed by atoms with Crippen LogP contribution < -0.4 is 11.1 Å². The number of nitrogens with zero attached hydrogens (tertiary/aromatic N) is 1. The van der Waals surface area contributed by atoms with E-state index in [-0.39, 0.29) is 17.7 Å². The number of piperidine rings is 1. The number of rotatable bonds is 5. The number of nitrogens with two attached hydrogens (primary N) is 1. The number of likely N-dealkylation sites (tertiary alicyclic amines) is 1. The van der Waals surface area contributed by atoms with Crippen molar-refractivity contribution < 1.29 is 9.59 Å². The smallest absolute Gasteiger partial charge is 0.233 e. The highest BCUT2D eigenvalue weighted by atomic mass is 16.2. The van der Waals surface area contributed by atoms with Crippen LogP contribution in [0.3, 0.4) is 0 Å². The molecule has 1 unspecified atom stereocenters. The maximum Gasteiger partial charge on any atom is 0.233 e. The zero-order chi connectivity index (χ0) is 18.6. The lowest BCUT2D eigenvalue weighted by molar-refractivity contribution is -0.141. The van der Waals surface area contributed by atoms with E-state index in [2.05, 4.69) is 36.5 Å². The molecule has 1 aliphatic heterocycles. The van der Waals surface area contributed by atoms with Gasteiger partial charge in [0.1, 0.15) is 0 Å². The zero-order valence-electron chi connectivity index (χ0n) is 15.8. The van der Waals surface area contributed by atoms with Gasteiger partial charge in [-0.2, -0.15) is 0 Å². The van der Waals surface area contributed by atoms with Crippen molar-refractivity contribution in [2.75, 3.05) is 26.2 Å². The lowest BCUT2D eigenvalue weighted by Gasteiger charge is -2.39. The van der Waals surface area contributed by atoms with Gasteiger partial charge in [-0.15, -0.1) is 0 Å².